The number of esters is 1. The van der Waals surface area contributed by atoms with Crippen LogP contribution in [0.25, 0.3) is 0 Å². The number of Topliss-reactive ketones (excluding diaryl/α,β-unsaturated/α-hetero) is 1. The predicted octanol–water partition coefficient (Wildman–Crippen LogP) is 2.67. The minimum atomic E-state index is -0.276. The van der Waals surface area contributed by atoms with Crippen LogP contribution in [0.1, 0.15) is 33.6 Å². The van der Waals surface area contributed by atoms with Gasteiger partial charge in [-0.25, -0.2) is 4.79 Å². The number of ketones is 1. The Balaban J connectivity index is 2.14. The van der Waals surface area contributed by atoms with Crippen molar-refractivity contribution in [2.75, 3.05) is 6.61 Å². The molecule has 2 aliphatic rings. The first kappa shape index (κ1) is 13.1. The molecule has 0 aromatic rings. The van der Waals surface area contributed by atoms with Crippen LogP contribution in [0.2, 0.25) is 0 Å². The molecule has 1 aliphatic heterocycles. The summed E-state index contributed by atoms with van der Waals surface area (Å²) in [5, 5.41) is 0. The first-order valence-corrected chi connectivity index (χ1v) is 6.48. The topological polar surface area (TPSA) is 43.4 Å². The Morgan fingerprint density at radius 3 is 2.72 bits per heavy atom. The number of ether oxygens (including phenoxy) is 1. The lowest BCUT2D eigenvalue weighted by atomic mass is 9.63. The van der Waals surface area contributed by atoms with Crippen LogP contribution in [0.5, 0.6) is 0 Å². The van der Waals surface area contributed by atoms with Crippen LogP contribution >= 0.6 is 0 Å². The molecule has 98 valence electrons. The fourth-order valence-corrected chi connectivity index (χ4v) is 2.86. The molecular formula is C15H20O3. The van der Waals surface area contributed by atoms with E-state index in [-0.39, 0.29) is 23.2 Å². The van der Waals surface area contributed by atoms with Crippen LogP contribution in [0, 0.1) is 17.3 Å². The van der Waals surface area contributed by atoms with Gasteiger partial charge in [-0.15, -0.1) is 0 Å². The number of hydrogen-bond donors (Lipinski definition) is 0. The maximum absolute atomic E-state index is 11.8. The standard InChI is InChI=1S/C15H20O3/c1-10-12(15(2,3)7-6-13(10)16)5-4-11-8-14(17)18-9-11/h4-5,8,10,12H,6-7,9H2,1-3H3/b5-4+/t10-,12-/m0/s1. The van der Waals surface area contributed by atoms with Gasteiger partial charge in [0.15, 0.2) is 0 Å². The van der Waals surface area contributed by atoms with E-state index < -0.39 is 0 Å². The number of rotatable bonds is 2. The van der Waals surface area contributed by atoms with Crippen molar-refractivity contribution in [1.82, 2.24) is 0 Å². The second-order valence-electron chi connectivity index (χ2n) is 5.96. The zero-order chi connectivity index (χ0) is 13.3. The average Bonchev–Trinajstić information content (AvgIpc) is 2.70. The highest BCUT2D eigenvalue weighted by molar-refractivity contribution is 5.86. The summed E-state index contributed by atoms with van der Waals surface area (Å²) in [6, 6.07) is 0. The van der Waals surface area contributed by atoms with Crippen molar-refractivity contribution in [3.8, 4) is 0 Å². The van der Waals surface area contributed by atoms with Gasteiger partial charge >= 0.3 is 5.97 Å². The molecule has 0 aromatic heterocycles. The summed E-state index contributed by atoms with van der Waals surface area (Å²) >= 11 is 0. The number of cyclic esters (lactones) is 1. The smallest absolute Gasteiger partial charge is 0.331 e. The Bertz CT molecular complexity index is 429. The summed E-state index contributed by atoms with van der Waals surface area (Å²) < 4.78 is 4.86. The van der Waals surface area contributed by atoms with Crippen LogP contribution in [-0.2, 0) is 14.3 Å². The van der Waals surface area contributed by atoms with Gasteiger partial charge in [0.05, 0.1) is 0 Å². The highest BCUT2D eigenvalue weighted by Gasteiger charge is 2.39. The Morgan fingerprint density at radius 1 is 1.39 bits per heavy atom. The van der Waals surface area contributed by atoms with Crippen molar-refractivity contribution >= 4 is 11.8 Å². The highest BCUT2D eigenvalue weighted by Crippen LogP contribution is 2.43. The van der Waals surface area contributed by atoms with Gasteiger partial charge in [0.25, 0.3) is 0 Å². The van der Waals surface area contributed by atoms with E-state index in [2.05, 4.69) is 19.9 Å². The summed E-state index contributed by atoms with van der Waals surface area (Å²) in [7, 11) is 0. The van der Waals surface area contributed by atoms with E-state index in [1.807, 2.05) is 13.0 Å². The van der Waals surface area contributed by atoms with Gasteiger partial charge in [-0.1, -0.05) is 32.9 Å². The van der Waals surface area contributed by atoms with Crippen LogP contribution in [-0.4, -0.2) is 18.4 Å². The monoisotopic (exact) mass is 248 g/mol. The molecule has 3 heteroatoms. The lowest BCUT2D eigenvalue weighted by Crippen LogP contribution is -2.37. The third-order valence-electron chi connectivity index (χ3n) is 4.17. The van der Waals surface area contributed by atoms with Crippen LogP contribution in [0.4, 0.5) is 0 Å². The molecule has 1 aliphatic carbocycles. The normalized spacial score (nSPS) is 31.6. The van der Waals surface area contributed by atoms with E-state index in [0.717, 1.165) is 12.0 Å². The number of carbonyl (C=O) groups is 2. The quantitative estimate of drug-likeness (QED) is 0.706. The van der Waals surface area contributed by atoms with E-state index in [9.17, 15) is 9.59 Å². The predicted molar refractivity (Wildman–Crippen MR) is 68.9 cm³/mol. The molecular weight excluding hydrogens is 228 g/mol. The van der Waals surface area contributed by atoms with Gasteiger partial charge in [0, 0.05) is 18.4 Å². The van der Waals surface area contributed by atoms with E-state index in [0.29, 0.717) is 18.8 Å². The summed E-state index contributed by atoms with van der Waals surface area (Å²) in [6.07, 6.45) is 7.14. The summed E-state index contributed by atoms with van der Waals surface area (Å²) in [6.45, 7) is 6.76. The average molecular weight is 248 g/mol. The maximum Gasteiger partial charge on any atom is 0.331 e. The zero-order valence-corrected chi connectivity index (χ0v) is 11.2. The van der Waals surface area contributed by atoms with Crippen LogP contribution in [0.15, 0.2) is 23.8 Å². The molecule has 0 saturated heterocycles. The highest BCUT2D eigenvalue weighted by atomic mass is 16.5. The van der Waals surface area contributed by atoms with Crippen LogP contribution in [0.3, 0.4) is 0 Å². The molecule has 1 saturated carbocycles. The molecule has 0 N–H and O–H groups in total. The fraction of sp³-hybridized carbons (Fsp3) is 0.600. The SMILES string of the molecule is C[C@@H]1C(=O)CCC(C)(C)[C@H]1/C=C/C1=CC(=O)OC1. The molecule has 0 unspecified atom stereocenters. The molecule has 0 spiro atoms. The lowest BCUT2D eigenvalue weighted by Gasteiger charge is -2.40. The van der Waals surface area contributed by atoms with Crippen molar-refractivity contribution < 1.29 is 14.3 Å². The Hall–Kier alpha value is -1.38. The summed E-state index contributed by atoms with van der Waals surface area (Å²) in [5.41, 5.74) is 1.02. The lowest BCUT2D eigenvalue weighted by molar-refractivity contribution is -0.135. The molecule has 0 amide bonds. The molecule has 3 nitrogen and oxygen atoms in total. The van der Waals surface area contributed by atoms with Crippen molar-refractivity contribution in [3.05, 3.63) is 23.8 Å². The zero-order valence-electron chi connectivity index (χ0n) is 11.2. The molecule has 0 radical (unpaired) electrons. The van der Waals surface area contributed by atoms with E-state index >= 15 is 0 Å². The van der Waals surface area contributed by atoms with Crippen LogP contribution < -0.4 is 0 Å². The summed E-state index contributed by atoms with van der Waals surface area (Å²) in [5.74, 6) is 0.359. The van der Waals surface area contributed by atoms with Gasteiger partial charge in [-0.2, -0.15) is 0 Å². The molecule has 2 atom stereocenters. The number of hydrogen-bond acceptors (Lipinski definition) is 3. The van der Waals surface area contributed by atoms with Crippen molar-refractivity contribution in [2.24, 2.45) is 17.3 Å². The van der Waals surface area contributed by atoms with Crippen molar-refractivity contribution in [1.29, 1.82) is 0 Å². The Morgan fingerprint density at radius 2 is 2.11 bits per heavy atom. The van der Waals surface area contributed by atoms with E-state index in [1.54, 1.807) is 0 Å². The largest absolute Gasteiger partial charge is 0.458 e. The van der Waals surface area contributed by atoms with Gasteiger partial charge in [0.1, 0.15) is 12.4 Å². The first-order chi connectivity index (χ1) is 8.40. The molecule has 1 fully saturated rings. The molecule has 2 rings (SSSR count). The molecule has 0 bridgehead atoms. The van der Waals surface area contributed by atoms with Gasteiger partial charge in [-0.3, -0.25) is 4.79 Å². The van der Waals surface area contributed by atoms with E-state index in [4.69, 9.17) is 4.74 Å². The Labute approximate surface area is 108 Å². The van der Waals surface area contributed by atoms with Crippen molar-refractivity contribution in [2.45, 2.75) is 33.6 Å². The maximum atomic E-state index is 11.8. The van der Waals surface area contributed by atoms with Gasteiger partial charge in [0.2, 0.25) is 0 Å². The third kappa shape index (κ3) is 2.55. The molecule has 18 heavy (non-hydrogen) atoms. The van der Waals surface area contributed by atoms with Gasteiger partial charge < -0.3 is 4.74 Å². The number of allylic oxidation sites excluding steroid dienone is 1. The van der Waals surface area contributed by atoms with Gasteiger partial charge in [-0.05, 0) is 23.3 Å². The van der Waals surface area contributed by atoms with Crippen molar-refractivity contribution in [3.63, 3.8) is 0 Å². The second-order valence-corrected chi connectivity index (χ2v) is 5.96. The number of carbonyl (C=O) groups excluding carboxylic acids is 2. The Kier molecular flexibility index (Phi) is 3.42. The third-order valence-corrected chi connectivity index (χ3v) is 4.17. The van der Waals surface area contributed by atoms with E-state index in [1.165, 1.54) is 6.08 Å². The minimum Gasteiger partial charge on any atom is -0.458 e. The molecule has 1 heterocycles. The summed E-state index contributed by atoms with van der Waals surface area (Å²) in [4.78, 5) is 22.8. The molecule has 0 aromatic carbocycles. The minimum absolute atomic E-state index is 0.0589. The second kappa shape index (κ2) is 4.71. The fourth-order valence-electron chi connectivity index (χ4n) is 2.86. The first-order valence-electron chi connectivity index (χ1n) is 6.48.